The van der Waals surface area contributed by atoms with Gasteiger partial charge in [-0.1, -0.05) is 0 Å². The monoisotopic (exact) mass is 294 g/mol. The summed E-state index contributed by atoms with van der Waals surface area (Å²) in [5.74, 6) is 0. The van der Waals surface area contributed by atoms with Gasteiger partial charge in [-0.25, -0.2) is 4.79 Å². The molecule has 0 fully saturated rings. The van der Waals surface area contributed by atoms with Gasteiger partial charge in [0.1, 0.15) is 0 Å². The molecule has 0 aliphatic heterocycles. The molecular formula is C11H26N2O5Si. The van der Waals surface area contributed by atoms with Gasteiger partial charge in [0.2, 0.25) is 0 Å². The summed E-state index contributed by atoms with van der Waals surface area (Å²) < 4.78 is 20.7. The van der Waals surface area contributed by atoms with Gasteiger partial charge in [0.15, 0.2) is 0 Å². The lowest BCUT2D eigenvalue weighted by atomic mass is 10.4. The van der Waals surface area contributed by atoms with E-state index in [1.54, 1.807) is 28.4 Å². The molecule has 0 aromatic carbocycles. The van der Waals surface area contributed by atoms with Gasteiger partial charge in [-0.2, -0.15) is 0 Å². The third kappa shape index (κ3) is 8.17. The van der Waals surface area contributed by atoms with Crippen molar-refractivity contribution in [1.82, 2.24) is 10.6 Å². The van der Waals surface area contributed by atoms with E-state index in [9.17, 15) is 4.79 Å². The van der Waals surface area contributed by atoms with Crippen molar-refractivity contribution in [1.29, 1.82) is 0 Å². The van der Waals surface area contributed by atoms with Crippen LogP contribution in [0.4, 0.5) is 4.79 Å². The van der Waals surface area contributed by atoms with Crippen molar-refractivity contribution >= 4 is 14.8 Å². The third-order valence-electron chi connectivity index (χ3n) is 2.69. The van der Waals surface area contributed by atoms with E-state index < -0.39 is 8.80 Å². The van der Waals surface area contributed by atoms with Gasteiger partial charge in [-0.15, -0.1) is 0 Å². The van der Waals surface area contributed by atoms with Gasteiger partial charge in [0.25, 0.3) is 0 Å². The molecule has 0 aliphatic rings. The summed E-state index contributed by atoms with van der Waals surface area (Å²) >= 11 is 0. The van der Waals surface area contributed by atoms with Gasteiger partial charge in [-0.05, 0) is 12.8 Å². The molecule has 0 heterocycles. The summed E-state index contributed by atoms with van der Waals surface area (Å²) in [6.07, 6.45) is 1.55. The topological polar surface area (TPSA) is 78.1 Å². The molecule has 0 saturated heterocycles. The summed E-state index contributed by atoms with van der Waals surface area (Å²) in [7, 11) is 3.86. The fourth-order valence-electron chi connectivity index (χ4n) is 1.54. The summed E-state index contributed by atoms with van der Waals surface area (Å²) in [5.41, 5.74) is 0. The molecule has 114 valence electrons. The Kier molecular flexibility index (Phi) is 10.8. The quantitative estimate of drug-likeness (QED) is 0.431. The Balaban J connectivity index is 3.64. The summed E-state index contributed by atoms with van der Waals surface area (Å²) in [4.78, 5) is 11.4. The number of nitrogens with one attached hydrogen (secondary N) is 2. The molecule has 0 rings (SSSR count). The van der Waals surface area contributed by atoms with Crippen molar-refractivity contribution in [3.05, 3.63) is 0 Å². The van der Waals surface area contributed by atoms with Crippen molar-refractivity contribution in [2.75, 3.05) is 48.1 Å². The zero-order valence-corrected chi connectivity index (χ0v) is 13.3. The molecule has 0 bridgehead atoms. The van der Waals surface area contributed by atoms with Crippen LogP contribution in [0.5, 0.6) is 0 Å². The van der Waals surface area contributed by atoms with Crippen molar-refractivity contribution in [2.45, 2.75) is 18.9 Å². The van der Waals surface area contributed by atoms with Gasteiger partial charge >= 0.3 is 14.8 Å². The van der Waals surface area contributed by atoms with E-state index in [-0.39, 0.29) is 6.03 Å². The molecule has 0 aliphatic carbocycles. The molecule has 19 heavy (non-hydrogen) atoms. The first kappa shape index (κ1) is 18.3. The molecule has 0 spiro atoms. The van der Waals surface area contributed by atoms with Crippen LogP contribution in [-0.2, 0) is 18.0 Å². The minimum atomic E-state index is -2.51. The molecule has 0 saturated carbocycles. The Morgan fingerprint density at radius 2 is 1.47 bits per heavy atom. The maximum atomic E-state index is 11.4. The van der Waals surface area contributed by atoms with Crippen molar-refractivity contribution in [3.8, 4) is 0 Å². The van der Waals surface area contributed by atoms with E-state index >= 15 is 0 Å². The highest BCUT2D eigenvalue weighted by Gasteiger charge is 2.36. The molecule has 0 aromatic heterocycles. The second-order valence-corrected chi connectivity index (χ2v) is 7.02. The van der Waals surface area contributed by atoms with E-state index in [4.69, 9.17) is 18.0 Å². The maximum Gasteiger partial charge on any atom is 0.500 e. The largest absolute Gasteiger partial charge is 0.500 e. The maximum absolute atomic E-state index is 11.4. The van der Waals surface area contributed by atoms with Crippen LogP contribution < -0.4 is 10.6 Å². The van der Waals surface area contributed by atoms with E-state index in [1.165, 1.54) is 0 Å². The van der Waals surface area contributed by atoms with E-state index in [0.29, 0.717) is 25.7 Å². The average Bonchev–Trinajstić information content (AvgIpc) is 2.45. The minimum Gasteiger partial charge on any atom is -0.385 e. The van der Waals surface area contributed by atoms with Gasteiger partial charge < -0.3 is 28.6 Å². The van der Waals surface area contributed by atoms with Crippen LogP contribution in [-0.4, -0.2) is 63.0 Å². The normalized spacial score (nSPS) is 11.4. The predicted octanol–water partition coefficient (Wildman–Crippen LogP) is 0.590. The minimum absolute atomic E-state index is 0.171. The van der Waals surface area contributed by atoms with E-state index in [1.807, 2.05) is 0 Å². The number of methoxy groups -OCH3 is 1. The molecule has 2 amide bonds. The van der Waals surface area contributed by atoms with Crippen LogP contribution in [0.1, 0.15) is 12.8 Å². The molecule has 2 N–H and O–H groups in total. The van der Waals surface area contributed by atoms with E-state index in [2.05, 4.69) is 10.6 Å². The Labute approximate surface area is 116 Å². The van der Waals surface area contributed by atoms with Crippen LogP contribution in [0, 0.1) is 0 Å². The zero-order chi connectivity index (χ0) is 14.6. The van der Waals surface area contributed by atoms with E-state index in [0.717, 1.165) is 12.8 Å². The van der Waals surface area contributed by atoms with Crippen LogP contribution in [0.2, 0.25) is 6.04 Å². The second kappa shape index (κ2) is 11.2. The van der Waals surface area contributed by atoms with Crippen LogP contribution in [0.15, 0.2) is 0 Å². The highest BCUT2D eigenvalue weighted by atomic mass is 28.4. The number of hydrogen-bond acceptors (Lipinski definition) is 5. The Morgan fingerprint density at radius 1 is 0.947 bits per heavy atom. The number of carbonyl (C=O) groups is 1. The SMILES string of the molecule is COCCCNC(=O)NCCC[Si](OC)(OC)OC. The average molecular weight is 294 g/mol. The lowest BCUT2D eigenvalue weighted by Crippen LogP contribution is -2.43. The molecule has 0 atom stereocenters. The fourth-order valence-corrected chi connectivity index (χ4v) is 3.27. The van der Waals surface area contributed by atoms with Gasteiger partial charge in [0.05, 0.1) is 0 Å². The first-order valence-electron chi connectivity index (χ1n) is 6.30. The number of amides is 2. The fraction of sp³-hybridized carbons (Fsp3) is 0.909. The van der Waals surface area contributed by atoms with Crippen molar-refractivity contribution in [3.63, 3.8) is 0 Å². The number of hydrogen-bond donors (Lipinski definition) is 2. The Morgan fingerprint density at radius 3 is 1.95 bits per heavy atom. The lowest BCUT2D eigenvalue weighted by Gasteiger charge is -2.24. The standard InChI is InChI=1S/C11H26N2O5Si/c1-15-9-5-7-12-11(14)13-8-6-10-19(16-2,17-3)18-4/h5-10H2,1-4H3,(H2,12,13,14). The Bertz CT molecular complexity index is 231. The Hall–Kier alpha value is -0.673. The number of rotatable bonds is 11. The highest BCUT2D eigenvalue weighted by Crippen LogP contribution is 2.14. The zero-order valence-electron chi connectivity index (χ0n) is 12.3. The predicted molar refractivity (Wildman–Crippen MR) is 74.1 cm³/mol. The summed E-state index contributed by atoms with van der Waals surface area (Å²) in [5, 5.41) is 5.51. The molecule has 8 heteroatoms. The second-order valence-electron chi connectivity index (χ2n) is 3.93. The highest BCUT2D eigenvalue weighted by molar-refractivity contribution is 6.60. The van der Waals surface area contributed by atoms with Crippen LogP contribution in [0.3, 0.4) is 0 Å². The molecular weight excluding hydrogens is 268 g/mol. The van der Waals surface area contributed by atoms with Gasteiger partial charge in [0, 0.05) is 54.2 Å². The van der Waals surface area contributed by atoms with Crippen LogP contribution in [0.25, 0.3) is 0 Å². The molecule has 7 nitrogen and oxygen atoms in total. The summed E-state index contributed by atoms with van der Waals surface area (Å²) in [6.45, 7) is 1.80. The van der Waals surface area contributed by atoms with Crippen molar-refractivity contribution in [2.24, 2.45) is 0 Å². The molecule has 0 unspecified atom stereocenters. The number of carbonyl (C=O) groups excluding carboxylic acids is 1. The van der Waals surface area contributed by atoms with Crippen molar-refractivity contribution < 1.29 is 22.8 Å². The van der Waals surface area contributed by atoms with Crippen LogP contribution >= 0.6 is 0 Å². The first-order chi connectivity index (χ1) is 9.14. The first-order valence-corrected chi connectivity index (χ1v) is 8.23. The lowest BCUT2D eigenvalue weighted by molar-refractivity contribution is 0.123. The molecule has 0 radical (unpaired) electrons. The smallest absolute Gasteiger partial charge is 0.385 e. The summed E-state index contributed by atoms with van der Waals surface area (Å²) in [6, 6.07) is 0.496. The molecule has 0 aromatic rings. The van der Waals surface area contributed by atoms with Gasteiger partial charge in [-0.3, -0.25) is 0 Å². The number of ether oxygens (including phenoxy) is 1. The third-order valence-corrected chi connectivity index (χ3v) is 5.52. The number of urea groups is 1.